The van der Waals surface area contributed by atoms with Gasteiger partial charge in [0.25, 0.3) is 0 Å². The van der Waals surface area contributed by atoms with Crippen LogP contribution >= 0.6 is 21.8 Å². The molecule has 0 aliphatic heterocycles. The second-order valence-corrected chi connectivity index (χ2v) is 5.50. The topological polar surface area (TPSA) is 75.6 Å². The third-order valence-electron chi connectivity index (χ3n) is 2.04. The average molecular weight is 251 g/mol. The predicted octanol–water partition coefficient (Wildman–Crippen LogP) is 3.02. The molecule has 1 amide bonds. The van der Waals surface area contributed by atoms with Crippen LogP contribution in [-0.2, 0) is 4.74 Å². The number of nitrogens with one attached hydrogen (secondary N) is 1. The number of hydrogen-bond donors (Lipinski definition) is 2. The Kier molecular flexibility index (Phi) is 5.70. The Bertz CT molecular complexity index is 231. The minimum atomic E-state index is -1.59. The molecule has 0 saturated heterocycles. The molecule has 0 bridgehead atoms. The highest BCUT2D eigenvalue weighted by molar-refractivity contribution is 8.76. The molecule has 0 unspecified atom stereocenters. The monoisotopic (exact) mass is 251 g/mol. The van der Waals surface area contributed by atoms with Gasteiger partial charge in [0.05, 0.1) is 0 Å². The van der Waals surface area contributed by atoms with Crippen molar-refractivity contribution in [1.29, 1.82) is 0 Å². The SMILES string of the molecule is O=C(O)OC(=O)NSSC1CCCCC1. The van der Waals surface area contributed by atoms with E-state index in [0.29, 0.717) is 5.25 Å². The summed E-state index contributed by atoms with van der Waals surface area (Å²) in [5, 5.41) is 8.68. The van der Waals surface area contributed by atoms with E-state index in [9.17, 15) is 9.59 Å². The van der Waals surface area contributed by atoms with E-state index < -0.39 is 12.2 Å². The van der Waals surface area contributed by atoms with Gasteiger partial charge in [0.2, 0.25) is 0 Å². The van der Waals surface area contributed by atoms with Crippen molar-refractivity contribution in [3.05, 3.63) is 0 Å². The zero-order valence-corrected chi connectivity index (χ0v) is 9.73. The first-order valence-electron chi connectivity index (χ1n) is 4.71. The smallest absolute Gasteiger partial charge is 0.449 e. The van der Waals surface area contributed by atoms with Crippen molar-refractivity contribution in [2.45, 2.75) is 37.4 Å². The number of carbonyl (C=O) groups is 2. The van der Waals surface area contributed by atoms with E-state index in [-0.39, 0.29) is 0 Å². The normalized spacial score (nSPS) is 17.1. The molecule has 1 fully saturated rings. The highest BCUT2D eigenvalue weighted by Gasteiger charge is 2.15. The minimum Gasteiger partial charge on any atom is -0.449 e. The molecule has 1 aliphatic rings. The first-order chi connectivity index (χ1) is 7.18. The van der Waals surface area contributed by atoms with E-state index in [4.69, 9.17) is 5.11 Å². The van der Waals surface area contributed by atoms with Crippen molar-refractivity contribution in [3.63, 3.8) is 0 Å². The molecule has 7 heteroatoms. The van der Waals surface area contributed by atoms with Crippen LogP contribution in [0.2, 0.25) is 0 Å². The van der Waals surface area contributed by atoms with E-state index in [1.54, 1.807) is 10.8 Å². The summed E-state index contributed by atoms with van der Waals surface area (Å²) in [4.78, 5) is 20.7. The van der Waals surface area contributed by atoms with Gasteiger partial charge in [0.1, 0.15) is 0 Å². The second-order valence-electron chi connectivity index (χ2n) is 3.20. The van der Waals surface area contributed by atoms with Crippen LogP contribution < -0.4 is 4.72 Å². The van der Waals surface area contributed by atoms with Gasteiger partial charge < -0.3 is 9.84 Å². The summed E-state index contributed by atoms with van der Waals surface area (Å²) in [7, 11) is 2.70. The Labute approximate surface area is 95.9 Å². The van der Waals surface area contributed by atoms with E-state index in [1.165, 1.54) is 19.3 Å². The summed E-state index contributed by atoms with van der Waals surface area (Å²) in [6.07, 6.45) is 3.55. The van der Waals surface area contributed by atoms with Crippen molar-refractivity contribution in [3.8, 4) is 0 Å². The van der Waals surface area contributed by atoms with Gasteiger partial charge in [-0.1, -0.05) is 30.1 Å². The lowest BCUT2D eigenvalue weighted by molar-refractivity contribution is 0.113. The molecule has 5 nitrogen and oxygen atoms in total. The summed E-state index contributed by atoms with van der Waals surface area (Å²) in [5.41, 5.74) is 0. The van der Waals surface area contributed by atoms with Crippen molar-refractivity contribution in [1.82, 2.24) is 4.72 Å². The molecule has 0 aromatic heterocycles. The van der Waals surface area contributed by atoms with Gasteiger partial charge in [-0.2, -0.15) is 0 Å². The number of carboxylic acid groups (broad SMARTS) is 1. The van der Waals surface area contributed by atoms with Crippen molar-refractivity contribution >= 4 is 34.0 Å². The summed E-state index contributed by atoms with van der Waals surface area (Å²) < 4.78 is 6.17. The fourth-order valence-corrected chi connectivity index (χ4v) is 3.54. The predicted molar refractivity (Wildman–Crippen MR) is 59.7 cm³/mol. The maximum Gasteiger partial charge on any atom is 0.514 e. The molecule has 0 aromatic carbocycles. The lowest BCUT2D eigenvalue weighted by Gasteiger charge is -2.19. The molecular weight excluding hydrogens is 238 g/mol. The number of amides is 1. The van der Waals surface area contributed by atoms with Gasteiger partial charge in [0.15, 0.2) is 0 Å². The van der Waals surface area contributed by atoms with Crippen molar-refractivity contribution < 1.29 is 19.4 Å². The zero-order valence-electron chi connectivity index (χ0n) is 8.10. The molecular formula is C8H13NO4S2. The van der Waals surface area contributed by atoms with Gasteiger partial charge in [0, 0.05) is 16.2 Å². The van der Waals surface area contributed by atoms with Crippen LogP contribution in [-0.4, -0.2) is 22.6 Å². The fraction of sp³-hybridized carbons (Fsp3) is 0.750. The molecule has 1 rings (SSSR count). The van der Waals surface area contributed by atoms with Gasteiger partial charge >= 0.3 is 12.2 Å². The van der Waals surface area contributed by atoms with Gasteiger partial charge in [-0.25, -0.2) is 9.59 Å². The average Bonchev–Trinajstić information content (AvgIpc) is 2.18. The van der Waals surface area contributed by atoms with E-state index in [1.807, 2.05) is 0 Å². The Morgan fingerprint density at radius 1 is 1.27 bits per heavy atom. The Morgan fingerprint density at radius 3 is 2.53 bits per heavy atom. The largest absolute Gasteiger partial charge is 0.514 e. The Morgan fingerprint density at radius 2 is 1.93 bits per heavy atom. The van der Waals surface area contributed by atoms with Crippen LogP contribution in [0.1, 0.15) is 32.1 Å². The van der Waals surface area contributed by atoms with Crippen LogP contribution in [0.4, 0.5) is 9.59 Å². The van der Waals surface area contributed by atoms with E-state index in [2.05, 4.69) is 9.46 Å². The van der Waals surface area contributed by atoms with Crippen LogP contribution in [0.3, 0.4) is 0 Å². The number of ether oxygens (including phenoxy) is 1. The summed E-state index contributed by atoms with van der Waals surface area (Å²) in [6, 6.07) is 0. The first-order valence-corrected chi connectivity index (χ1v) is 6.93. The molecule has 0 aromatic rings. The summed E-state index contributed by atoms with van der Waals surface area (Å²) in [6.45, 7) is 0. The standard InChI is InChI=1S/C8H13NO4S2/c10-7(13-8(11)12)9-15-14-6-4-2-1-3-5-6/h6H,1-5H2,(H,9,10)(H,11,12). The maximum atomic E-state index is 10.7. The molecule has 1 saturated carbocycles. The van der Waals surface area contributed by atoms with Crippen molar-refractivity contribution in [2.24, 2.45) is 0 Å². The molecule has 0 heterocycles. The van der Waals surface area contributed by atoms with Gasteiger partial charge in [-0.3, -0.25) is 4.72 Å². The van der Waals surface area contributed by atoms with Crippen molar-refractivity contribution in [2.75, 3.05) is 0 Å². The highest BCUT2D eigenvalue weighted by Crippen LogP contribution is 2.34. The lowest BCUT2D eigenvalue weighted by atomic mass is 10.0. The summed E-state index contributed by atoms with van der Waals surface area (Å²) >= 11 is 0. The molecule has 0 spiro atoms. The molecule has 86 valence electrons. The minimum absolute atomic E-state index is 0.550. The molecule has 2 N–H and O–H groups in total. The number of hydrogen-bond acceptors (Lipinski definition) is 5. The number of carbonyl (C=O) groups excluding carboxylic acids is 1. The molecule has 15 heavy (non-hydrogen) atoms. The lowest BCUT2D eigenvalue weighted by Crippen LogP contribution is -2.20. The van der Waals surface area contributed by atoms with Gasteiger partial charge in [-0.15, -0.1) is 0 Å². The summed E-state index contributed by atoms with van der Waals surface area (Å²) in [5.74, 6) is 0. The zero-order chi connectivity index (χ0) is 11.1. The third-order valence-corrected chi connectivity index (χ3v) is 4.49. The maximum absolute atomic E-state index is 10.7. The van der Waals surface area contributed by atoms with Gasteiger partial charge in [-0.05, 0) is 12.8 Å². The van der Waals surface area contributed by atoms with E-state index in [0.717, 1.165) is 23.8 Å². The van der Waals surface area contributed by atoms with Crippen LogP contribution in [0, 0.1) is 0 Å². The number of rotatable bonds is 3. The quantitative estimate of drug-likeness (QED) is 0.347. The van der Waals surface area contributed by atoms with E-state index >= 15 is 0 Å². The third kappa shape index (κ3) is 5.78. The molecule has 1 aliphatic carbocycles. The van der Waals surface area contributed by atoms with Crippen LogP contribution in [0.25, 0.3) is 0 Å². The highest BCUT2D eigenvalue weighted by atomic mass is 33.1. The fourth-order valence-electron chi connectivity index (χ4n) is 1.39. The Hall–Kier alpha value is -0.560. The second kappa shape index (κ2) is 6.84. The van der Waals surface area contributed by atoms with Crippen LogP contribution in [0.5, 0.6) is 0 Å². The first kappa shape index (κ1) is 12.5. The van der Waals surface area contributed by atoms with Crippen LogP contribution in [0.15, 0.2) is 0 Å². The molecule has 0 radical (unpaired) electrons. The Balaban J connectivity index is 2.04. The molecule has 0 atom stereocenters.